The average Bonchev–Trinajstić information content (AvgIpc) is 3.05. The predicted molar refractivity (Wildman–Crippen MR) is 123 cm³/mol. The first-order valence-corrected chi connectivity index (χ1v) is 12.3. The Bertz CT molecular complexity index is 1130. The van der Waals surface area contributed by atoms with Crippen molar-refractivity contribution in [1.82, 2.24) is 14.2 Å². The van der Waals surface area contributed by atoms with E-state index in [2.05, 4.69) is 11.9 Å². The number of nitrogens with zero attached hydrogens (tertiary/aromatic N) is 2. The molecular weight excluding hydrogens is 414 g/mol. The molecule has 1 saturated heterocycles. The van der Waals surface area contributed by atoms with Crippen LogP contribution in [-0.2, 0) is 16.6 Å². The summed E-state index contributed by atoms with van der Waals surface area (Å²) < 4.78 is 29.7. The van der Waals surface area contributed by atoms with Gasteiger partial charge >= 0.3 is 0 Å². The summed E-state index contributed by atoms with van der Waals surface area (Å²) in [5, 5.41) is 3.04. The molecule has 0 saturated carbocycles. The number of aromatic nitrogens is 1. The Morgan fingerprint density at radius 1 is 1.23 bits per heavy atom. The van der Waals surface area contributed by atoms with Crippen molar-refractivity contribution >= 4 is 26.8 Å². The Kier molecular flexibility index (Phi) is 7.33. The second-order valence-electron chi connectivity index (χ2n) is 8.09. The summed E-state index contributed by atoms with van der Waals surface area (Å²) in [6.45, 7) is 8.92. The van der Waals surface area contributed by atoms with E-state index in [1.54, 1.807) is 22.8 Å². The van der Waals surface area contributed by atoms with E-state index in [4.69, 9.17) is 0 Å². The minimum atomic E-state index is -3.71. The molecule has 8 heteroatoms. The van der Waals surface area contributed by atoms with Crippen LogP contribution in [0.25, 0.3) is 10.9 Å². The van der Waals surface area contributed by atoms with Crippen LogP contribution in [0.4, 0.5) is 0 Å². The first kappa shape index (κ1) is 23.2. The molecular formula is C23H31N3O4S. The molecule has 7 nitrogen and oxygen atoms in total. The van der Waals surface area contributed by atoms with Crippen LogP contribution in [0, 0.1) is 0 Å². The van der Waals surface area contributed by atoms with Crippen LogP contribution in [0.3, 0.4) is 0 Å². The Labute approximate surface area is 183 Å². The second kappa shape index (κ2) is 9.78. The van der Waals surface area contributed by atoms with E-state index in [0.29, 0.717) is 25.2 Å². The van der Waals surface area contributed by atoms with Gasteiger partial charge in [-0.05, 0) is 44.4 Å². The van der Waals surface area contributed by atoms with Gasteiger partial charge in [0, 0.05) is 37.3 Å². The SMILES string of the molecule is C=CCn1cc(C(=O)NC(C)CC)c(=O)c2cc(S(=O)(=O)N3CCCCCC3)ccc21. The highest BCUT2D eigenvalue weighted by Crippen LogP contribution is 2.23. The van der Waals surface area contributed by atoms with Gasteiger partial charge in [-0.15, -0.1) is 6.58 Å². The highest BCUT2D eigenvalue weighted by atomic mass is 32.2. The van der Waals surface area contributed by atoms with Crippen molar-refractivity contribution in [3.05, 3.63) is 52.8 Å². The van der Waals surface area contributed by atoms with Crippen molar-refractivity contribution in [2.24, 2.45) is 0 Å². The van der Waals surface area contributed by atoms with Gasteiger partial charge in [0.2, 0.25) is 15.5 Å². The minimum absolute atomic E-state index is 0.000953. The smallest absolute Gasteiger partial charge is 0.256 e. The van der Waals surface area contributed by atoms with E-state index in [9.17, 15) is 18.0 Å². The number of fused-ring (bicyclic) bond motifs is 1. The van der Waals surface area contributed by atoms with Crippen LogP contribution in [0.1, 0.15) is 56.3 Å². The van der Waals surface area contributed by atoms with Crippen LogP contribution in [0.5, 0.6) is 0 Å². The maximum absolute atomic E-state index is 13.2. The van der Waals surface area contributed by atoms with Crippen molar-refractivity contribution < 1.29 is 13.2 Å². The number of benzene rings is 1. The zero-order valence-electron chi connectivity index (χ0n) is 18.3. The number of carbonyl (C=O) groups is 1. The molecule has 0 radical (unpaired) electrons. The van der Waals surface area contributed by atoms with Crippen molar-refractivity contribution in [2.75, 3.05) is 13.1 Å². The van der Waals surface area contributed by atoms with E-state index >= 15 is 0 Å². The lowest BCUT2D eigenvalue weighted by molar-refractivity contribution is 0.0937. The van der Waals surface area contributed by atoms with Crippen molar-refractivity contribution in [1.29, 1.82) is 0 Å². The molecule has 1 amide bonds. The molecule has 0 spiro atoms. The molecule has 1 N–H and O–H groups in total. The molecule has 31 heavy (non-hydrogen) atoms. The number of pyridine rings is 1. The highest BCUT2D eigenvalue weighted by molar-refractivity contribution is 7.89. The molecule has 1 aromatic carbocycles. The molecule has 3 rings (SSSR count). The second-order valence-corrected chi connectivity index (χ2v) is 10.0. The van der Waals surface area contributed by atoms with Crippen molar-refractivity contribution in [3.8, 4) is 0 Å². The van der Waals surface area contributed by atoms with Crippen LogP contribution in [0.2, 0.25) is 0 Å². The molecule has 1 unspecified atom stereocenters. The molecule has 1 aliphatic rings. The molecule has 1 atom stereocenters. The van der Waals surface area contributed by atoms with Crippen LogP contribution < -0.4 is 10.7 Å². The molecule has 2 aromatic rings. The summed E-state index contributed by atoms with van der Waals surface area (Å²) in [4.78, 5) is 26.0. The fourth-order valence-corrected chi connectivity index (χ4v) is 5.37. The molecule has 1 aliphatic heterocycles. The number of sulfonamides is 1. The molecule has 168 valence electrons. The summed E-state index contributed by atoms with van der Waals surface area (Å²) in [6, 6.07) is 4.52. The van der Waals surface area contributed by atoms with Crippen molar-refractivity contribution in [2.45, 2.75) is 63.4 Å². The largest absolute Gasteiger partial charge is 0.349 e. The maximum Gasteiger partial charge on any atom is 0.256 e. The van der Waals surface area contributed by atoms with E-state index in [1.807, 2.05) is 13.8 Å². The summed E-state index contributed by atoms with van der Waals surface area (Å²) in [6.07, 6.45) is 7.63. The van der Waals surface area contributed by atoms with Gasteiger partial charge in [0.05, 0.1) is 10.4 Å². The standard InChI is InChI=1S/C23H31N3O4S/c1-4-12-25-16-20(23(28)24-17(3)5-2)22(27)19-15-18(10-11-21(19)25)31(29,30)26-13-8-6-7-9-14-26/h4,10-11,15-17H,1,5-9,12-14H2,2-3H3,(H,24,28). The third-order valence-corrected chi connectivity index (χ3v) is 7.71. The normalized spacial score (nSPS) is 16.6. The van der Waals surface area contributed by atoms with E-state index < -0.39 is 21.4 Å². The number of allylic oxidation sites excluding steroid dienone is 1. The number of nitrogens with one attached hydrogen (secondary N) is 1. The zero-order chi connectivity index (χ0) is 22.6. The molecule has 0 bridgehead atoms. The Morgan fingerprint density at radius 3 is 2.52 bits per heavy atom. The third-order valence-electron chi connectivity index (χ3n) is 5.81. The summed E-state index contributed by atoms with van der Waals surface area (Å²) in [5.41, 5.74) is 0.0998. The molecule has 0 aliphatic carbocycles. The maximum atomic E-state index is 13.2. The van der Waals surface area contributed by atoms with E-state index in [1.165, 1.54) is 16.6 Å². The topological polar surface area (TPSA) is 88.5 Å². The summed E-state index contributed by atoms with van der Waals surface area (Å²) in [5.74, 6) is -0.458. The molecule has 2 heterocycles. The highest BCUT2D eigenvalue weighted by Gasteiger charge is 2.26. The lowest BCUT2D eigenvalue weighted by Gasteiger charge is -2.20. The van der Waals surface area contributed by atoms with Crippen LogP contribution in [0.15, 0.2) is 46.7 Å². The van der Waals surface area contributed by atoms with Gasteiger partial charge in [-0.25, -0.2) is 8.42 Å². The summed E-state index contributed by atoms with van der Waals surface area (Å²) in [7, 11) is -3.71. The molecule has 1 aromatic heterocycles. The Balaban J connectivity index is 2.13. The van der Waals surface area contributed by atoms with E-state index in [-0.39, 0.29) is 21.9 Å². The Morgan fingerprint density at radius 2 is 1.90 bits per heavy atom. The van der Waals surface area contributed by atoms with Gasteiger partial charge in [0.1, 0.15) is 5.56 Å². The van der Waals surface area contributed by atoms with Gasteiger partial charge in [-0.2, -0.15) is 4.31 Å². The first-order chi connectivity index (χ1) is 14.8. The average molecular weight is 446 g/mol. The fraction of sp³-hybridized carbons (Fsp3) is 0.478. The van der Waals surface area contributed by atoms with Gasteiger partial charge in [0.25, 0.3) is 5.91 Å². The number of hydrogen-bond donors (Lipinski definition) is 1. The fourth-order valence-electron chi connectivity index (χ4n) is 3.82. The zero-order valence-corrected chi connectivity index (χ0v) is 19.1. The first-order valence-electron chi connectivity index (χ1n) is 10.9. The molecule has 1 fully saturated rings. The summed E-state index contributed by atoms with van der Waals surface area (Å²) >= 11 is 0. The lowest BCUT2D eigenvalue weighted by atomic mass is 10.1. The van der Waals surface area contributed by atoms with Crippen molar-refractivity contribution in [3.63, 3.8) is 0 Å². The predicted octanol–water partition coefficient (Wildman–Crippen LogP) is 3.28. The van der Waals surface area contributed by atoms with Crippen LogP contribution in [-0.4, -0.2) is 42.3 Å². The monoisotopic (exact) mass is 445 g/mol. The van der Waals surface area contributed by atoms with Gasteiger partial charge in [-0.3, -0.25) is 9.59 Å². The number of carbonyl (C=O) groups excluding carboxylic acids is 1. The van der Waals surface area contributed by atoms with Gasteiger partial charge in [-0.1, -0.05) is 25.8 Å². The number of amides is 1. The third kappa shape index (κ3) is 4.91. The van der Waals surface area contributed by atoms with E-state index in [0.717, 1.165) is 32.1 Å². The number of hydrogen-bond acceptors (Lipinski definition) is 4. The lowest BCUT2D eigenvalue weighted by Crippen LogP contribution is -2.35. The van der Waals surface area contributed by atoms with Crippen LogP contribution >= 0.6 is 0 Å². The quantitative estimate of drug-likeness (QED) is 0.663. The number of rotatable bonds is 7. The van der Waals surface area contributed by atoms with Gasteiger partial charge in [0.15, 0.2) is 0 Å². The minimum Gasteiger partial charge on any atom is -0.349 e. The Hall–Kier alpha value is -2.45. The van der Waals surface area contributed by atoms with Gasteiger partial charge < -0.3 is 9.88 Å².